The molecule has 1 fully saturated rings. The van der Waals surface area contributed by atoms with Crippen molar-refractivity contribution in [3.05, 3.63) is 82.9 Å². The highest BCUT2D eigenvalue weighted by atomic mass is 35.5. The van der Waals surface area contributed by atoms with Gasteiger partial charge in [0.25, 0.3) is 0 Å². The number of aliphatic hydroxyl groups is 1. The number of hydrogen-bond acceptors (Lipinski definition) is 5. The maximum atomic E-state index is 8.00. The Morgan fingerprint density at radius 2 is 1.91 bits per heavy atom. The first kappa shape index (κ1) is 24.4. The second-order valence-electron chi connectivity index (χ2n) is 7.92. The Morgan fingerprint density at radius 3 is 2.52 bits per heavy atom. The molecule has 1 atom stereocenters. The maximum Gasteiger partial charge on any atom is 0.144 e. The molecule has 1 aliphatic rings. The van der Waals surface area contributed by atoms with Gasteiger partial charge in [0.05, 0.1) is 5.69 Å². The van der Waals surface area contributed by atoms with Crippen LogP contribution in [0.15, 0.2) is 61.1 Å². The highest BCUT2D eigenvalue weighted by Gasteiger charge is 2.24. The van der Waals surface area contributed by atoms with Gasteiger partial charge in [-0.1, -0.05) is 29.8 Å². The fraction of sp³-hybridized carbons (Fsp3) is 0.269. The fourth-order valence-electron chi connectivity index (χ4n) is 4.03. The normalized spacial score (nSPS) is 14.6. The minimum Gasteiger partial charge on any atom is -0.400 e. The number of halogens is 1. The molecule has 0 amide bonds. The molecule has 1 aromatic carbocycles. The standard InChI is InChI=1S/C24H23ClN4.CH4O.CH2O/c1-16-14-28-15-19(10-18-6-7-23(26-13-18)29-9-8-17(29)2)11-22(24(28)27-16)20-4-3-5-21(25)12-20;2*1-2/h3-7,11-15,17H,8-10H2,1-2H3;2H,1H3;1H2. The Kier molecular flexibility index (Phi) is 8.20. The highest BCUT2D eigenvalue weighted by molar-refractivity contribution is 6.30. The van der Waals surface area contributed by atoms with Crippen LogP contribution in [0.3, 0.4) is 0 Å². The molecule has 1 N–H and O–H groups in total. The zero-order valence-corrected chi connectivity index (χ0v) is 20.0. The third-order valence-corrected chi connectivity index (χ3v) is 5.93. The molecule has 4 heterocycles. The van der Waals surface area contributed by atoms with Gasteiger partial charge in [0.2, 0.25) is 0 Å². The lowest BCUT2D eigenvalue weighted by molar-refractivity contribution is -0.0979. The molecular formula is C26H29ClN4O2. The minimum absolute atomic E-state index is 0.598. The first-order valence-corrected chi connectivity index (χ1v) is 11.1. The van der Waals surface area contributed by atoms with Crippen LogP contribution in [-0.2, 0) is 11.2 Å². The van der Waals surface area contributed by atoms with Crippen LogP contribution in [0.25, 0.3) is 16.8 Å². The summed E-state index contributed by atoms with van der Waals surface area (Å²) in [6.07, 6.45) is 8.31. The van der Waals surface area contributed by atoms with Gasteiger partial charge in [0.1, 0.15) is 18.3 Å². The van der Waals surface area contributed by atoms with Crippen molar-refractivity contribution < 1.29 is 9.90 Å². The summed E-state index contributed by atoms with van der Waals surface area (Å²) in [6.45, 7) is 7.37. The summed E-state index contributed by atoms with van der Waals surface area (Å²) in [5.41, 5.74) is 6.55. The summed E-state index contributed by atoms with van der Waals surface area (Å²) in [7, 11) is 1.00. The van der Waals surface area contributed by atoms with E-state index >= 15 is 0 Å². The van der Waals surface area contributed by atoms with Crippen molar-refractivity contribution in [2.45, 2.75) is 32.7 Å². The van der Waals surface area contributed by atoms with Crippen molar-refractivity contribution in [1.29, 1.82) is 0 Å². The summed E-state index contributed by atoms with van der Waals surface area (Å²) in [5, 5.41) is 7.73. The zero-order chi connectivity index (χ0) is 24.0. The predicted octanol–water partition coefficient (Wildman–Crippen LogP) is 4.97. The van der Waals surface area contributed by atoms with Gasteiger partial charge >= 0.3 is 0 Å². The molecule has 33 heavy (non-hydrogen) atoms. The van der Waals surface area contributed by atoms with E-state index in [1.807, 2.05) is 38.1 Å². The lowest BCUT2D eigenvalue weighted by Crippen LogP contribution is -2.46. The Balaban J connectivity index is 0.000000728. The van der Waals surface area contributed by atoms with Gasteiger partial charge < -0.3 is 19.2 Å². The van der Waals surface area contributed by atoms with Crippen LogP contribution in [0.5, 0.6) is 0 Å². The van der Waals surface area contributed by atoms with Gasteiger partial charge in [-0.25, -0.2) is 9.97 Å². The average Bonchev–Trinajstić information content (AvgIpc) is 3.21. The number of aromatic nitrogens is 3. The van der Waals surface area contributed by atoms with Crippen LogP contribution < -0.4 is 4.90 Å². The molecule has 1 unspecified atom stereocenters. The number of nitrogens with zero attached hydrogens (tertiary/aromatic N) is 4. The number of rotatable bonds is 4. The fourth-order valence-corrected chi connectivity index (χ4v) is 4.22. The molecule has 3 aromatic heterocycles. The molecule has 5 rings (SSSR count). The second kappa shape index (κ2) is 11.1. The monoisotopic (exact) mass is 464 g/mol. The van der Waals surface area contributed by atoms with Crippen LogP contribution >= 0.6 is 11.6 Å². The molecule has 0 aliphatic carbocycles. The van der Waals surface area contributed by atoms with E-state index in [1.165, 1.54) is 17.5 Å². The summed E-state index contributed by atoms with van der Waals surface area (Å²) in [6, 6.07) is 15.1. The number of aliphatic hydroxyl groups excluding tert-OH is 1. The van der Waals surface area contributed by atoms with Crippen LogP contribution in [0, 0.1) is 6.92 Å². The SMILES string of the molecule is C=O.CO.Cc1cn2cc(Cc3ccc(N4CCC4C)nc3)cc(-c3cccc(Cl)c3)c2n1. The van der Waals surface area contributed by atoms with E-state index in [4.69, 9.17) is 31.5 Å². The number of fused-ring (bicyclic) bond motifs is 1. The van der Waals surface area contributed by atoms with E-state index in [1.54, 1.807) is 0 Å². The summed E-state index contributed by atoms with van der Waals surface area (Å²) in [4.78, 5) is 19.8. The lowest BCUT2D eigenvalue weighted by Gasteiger charge is -2.39. The van der Waals surface area contributed by atoms with E-state index in [0.717, 1.165) is 53.4 Å². The van der Waals surface area contributed by atoms with E-state index < -0.39 is 0 Å². The van der Waals surface area contributed by atoms with Crippen LogP contribution in [0.1, 0.15) is 30.2 Å². The zero-order valence-electron chi connectivity index (χ0n) is 19.2. The first-order chi connectivity index (χ1) is 16.1. The van der Waals surface area contributed by atoms with E-state index in [2.05, 4.69) is 52.9 Å². The molecule has 0 bridgehead atoms. The average molecular weight is 465 g/mol. The largest absolute Gasteiger partial charge is 0.400 e. The van der Waals surface area contributed by atoms with Gasteiger partial charge in [-0.3, -0.25) is 0 Å². The second-order valence-corrected chi connectivity index (χ2v) is 8.35. The first-order valence-electron chi connectivity index (χ1n) is 10.8. The van der Waals surface area contributed by atoms with Crippen LogP contribution in [0.2, 0.25) is 5.02 Å². The van der Waals surface area contributed by atoms with Gasteiger partial charge in [-0.15, -0.1) is 0 Å². The van der Waals surface area contributed by atoms with Crippen LogP contribution in [0.4, 0.5) is 5.82 Å². The van der Waals surface area contributed by atoms with Crippen molar-refractivity contribution in [2.24, 2.45) is 0 Å². The Morgan fingerprint density at radius 1 is 1.12 bits per heavy atom. The van der Waals surface area contributed by atoms with Crippen molar-refractivity contribution in [3.63, 3.8) is 0 Å². The third kappa shape index (κ3) is 5.41. The molecule has 172 valence electrons. The molecule has 0 radical (unpaired) electrons. The summed E-state index contributed by atoms with van der Waals surface area (Å²) in [5.74, 6) is 1.08. The number of pyridine rings is 2. The Labute approximate surface area is 199 Å². The maximum absolute atomic E-state index is 8.00. The van der Waals surface area contributed by atoms with Crippen molar-refractivity contribution in [1.82, 2.24) is 14.4 Å². The molecule has 7 heteroatoms. The molecule has 6 nitrogen and oxygen atoms in total. The number of carbonyl (C=O) groups excluding carboxylic acids is 1. The lowest BCUT2D eigenvalue weighted by atomic mass is 10.0. The quantitative estimate of drug-likeness (QED) is 0.461. The molecule has 4 aromatic rings. The van der Waals surface area contributed by atoms with E-state index in [-0.39, 0.29) is 0 Å². The third-order valence-electron chi connectivity index (χ3n) is 5.70. The number of imidazole rings is 1. The molecular weight excluding hydrogens is 436 g/mol. The van der Waals surface area contributed by atoms with Crippen LogP contribution in [-0.4, -0.2) is 46.0 Å². The van der Waals surface area contributed by atoms with Crippen molar-refractivity contribution in [3.8, 4) is 11.1 Å². The minimum atomic E-state index is 0.598. The molecule has 0 spiro atoms. The Bertz CT molecular complexity index is 1210. The number of carbonyl (C=O) groups is 1. The predicted molar refractivity (Wildman–Crippen MR) is 134 cm³/mol. The smallest absolute Gasteiger partial charge is 0.144 e. The summed E-state index contributed by atoms with van der Waals surface area (Å²) < 4.78 is 2.12. The number of aryl methyl sites for hydroxylation is 1. The van der Waals surface area contributed by atoms with E-state index in [0.29, 0.717) is 6.04 Å². The Hall–Kier alpha value is -3.22. The summed E-state index contributed by atoms with van der Waals surface area (Å²) >= 11 is 6.25. The highest BCUT2D eigenvalue weighted by Crippen LogP contribution is 2.29. The van der Waals surface area contributed by atoms with Crippen molar-refractivity contribution in [2.75, 3.05) is 18.6 Å². The van der Waals surface area contributed by atoms with Gasteiger partial charge in [0, 0.05) is 55.3 Å². The topological polar surface area (TPSA) is 70.7 Å². The van der Waals surface area contributed by atoms with Gasteiger partial charge in [0.15, 0.2) is 0 Å². The van der Waals surface area contributed by atoms with Gasteiger partial charge in [-0.05, 0) is 61.2 Å². The number of hydrogen-bond donors (Lipinski definition) is 1. The van der Waals surface area contributed by atoms with Gasteiger partial charge in [-0.2, -0.15) is 0 Å². The molecule has 1 aliphatic heterocycles. The van der Waals surface area contributed by atoms with E-state index in [9.17, 15) is 0 Å². The number of benzene rings is 1. The molecule has 1 saturated heterocycles. The van der Waals surface area contributed by atoms with Crippen molar-refractivity contribution >= 4 is 29.9 Å². The molecule has 0 saturated carbocycles. The number of anilines is 1.